The summed E-state index contributed by atoms with van der Waals surface area (Å²) in [5, 5.41) is 45.4. The molecule has 0 aromatic carbocycles. The summed E-state index contributed by atoms with van der Waals surface area (Å²) in [6.07, 6.45) is 9.62. The van der Waals surface area contributed by atoms with Gasteiger partial charge in [-0.05, 0) is 376 Å². The second kappa shape index (κ2) is 61.0. The smallest absolute Gasteiger partial charge is 0.375 e. The van der Waals surface area contributed by atoms with Gasteiger partial charge in [0.2, 0.25) is 0 Å². The van der Waals surface area contributed by atoms with Gasteiger partial charge < -0.3 is 79.2 Å². The minimum Gasteiger partial charge on any atom is -0.375 e. The summed E-state index contributed by atoms with van der Waals surface area (Å²) in [5.74, 6) is 10.7. The molecule has 14 N–H and O–H groups in total. The molecule has 0 radical (unpaired) electrons. The molecule has 16 atom stereocenters. The highest BCUT2D eigenvalue weighted by Gasteiger charge is 2.59. The van der Waals surface area contributed by atoms with E-state index in [1.165, 1.54) is 143 Å². The van der Waals surface area contributed by atoms with Crippen LogP contribution in [-0.4, -0.2) is 231 Å². The molecule has 14 heterocycles. The molecule has 23 heteroatoms. The SMILES string of the molecule is CC(C)(C)C1(C)CCNCC1.CC(C)(C)C1(C)CCNCC1.CC(C)(C)C1(F)CCNCC1.CC(C)(C)C1C2CNCC21.CC(C)(C)C1CCNCC1.CC(C)(C)C1CCNCC1(C)F.CC(C)(C)C1CNCCO1.CC(C)C1(C(F)(F)F)CCNC1.CC(C)C1(C)CCNC1.CC(C)C1(F)CCNC1.CC(C)C1CCNC1.CC(C)C1CNCC1(C)F.CC(C)C1CNCC1C.CC1CNCC(F)C1C(C)(C)C. The fourth-order valence-electron chi connectivity index (χ4n) is 24.3. The van der Waals surface area contributed by atoms with Gasteiger partial charge in [0, 0.05) is 64.8 Å². The molecule has 15 fully saturated rings. The lowest BCUT2D eigenvalue weighted by atomic mass is 9.63. The first-order valence-corrected chi connectivity index (χ1v) is 58.7. The molecule has 15 aliphatic rings. The van der Waals surface area contributed by atoms with Crippen molar-refractivity contribution in [3.05, 3.63) is 0 Å². The number of piperidine rings is 7. The highest BCUT2D eigenvalue weighted by molar-refractivity contribution is 5.09. The van der Waals surface area contributed by atoms with Crippen molar-refractivity contribution in [3.63, 3.8) is 0 Å². The van der Waals surface area contributed by atoms with Crippen molar-refractivity contribution in [1.29, 1.82) is 0 Å². The fraction of sp³-hybridized carbons (Fsp3) is 1.00. The second-order valence-corrected chi connectivity index (χ2v) is 58.9. The number of halogens is 8. The van der Waals surface area contributed by atoms with Crippen LogP contribution >= 0.6 is 0 Å². The average molecular weight is 2070 g/mol. The van der Waals surface area contributed by atoms with Crippen molar-refractivity contribution in [2.45, 2.75) is 422 Å². The molecule has 144 heavy (non-hydrogen) atoms. The van der Waals surface area contributed by atoms with Crippen molar-refractivity contribution >= 4 is 0 Å². The lowest BCUT2D eigenvalue weighted by Crippen LogP contribution is -2.51. The second-order valence-electron chi connectivity index (χ2n) is 58.9. The summed E-state index contributed by atoms with van der Waals surface area (Å²) in [7, 11) is 0. The molecular weight excluding hydrogens is 1820 g/mol. The van der Waals surface area contributed by atoms with Crippen molar-refractivity contribution in [1.82, 2.24) is 74.4 Å². The molecule has 862 valence electrons. The monoisotopic (exact) mass is 2060 g/mol. The van der Waals surface area contributed by atoms with Crippen LogP contribution in [0.1, 0.15) is 381 Å². The Morgan fingerprint density at radius 1 is 0.312 bits per heavy atom. The number of alkyl halides is 8. The molecule has 1 saturated carbocycles. The van der Waals surface area contributed by atoms with Gasteiger partial charge in [-0.15, -0.1) is 0 Å². The summed E-state index contributed by atoms with van der Waals surface area (Å²) < 4.78 is 112. The molecule has 0 spiro atoms. The Balaban J connectivity index is 0.000000525. The Morgan fingerprint density at radius 2 is 0.736 bits per heavy atom. The topological polar surface area (TPSA) is 178 Å². The Hall–Kier alpha value is -1.16. The Morgan fingerprint density at radius 3 is 0.972 bits per heavy atom. The highest BCUT2D eigenvalue weighted by Crippen LogP contribution is 2.58. The zero-order chi connectivity index (χ0) is 111. The lowest BCUT2D eigenvalue weighted by molar-refractivity contribution is -0.231. The van der Waals surface area contributed by atoms with Gasteiger partial charge in [-0.25, -0.2) is 22.0 Å². The molecule has 0 aromatic rings. The number of nitrogens with one attached hydrogen (secondary N) is 14. The zero-order valence-corrected chi connectivity index (χ0v) is 103. The third-order valence-corrected chi connectivity index (χ3v) is 37.7. The molecule has 16 unspecified atom stereocenters. The molecule has 15 rings (SSSR count). The largest absolute Gasteiger partial charge is 0.396 e. The maximum absolute atomic E-state index is 14.0. The minimum absolute atomic E-state index is 0.0775. The van der Waals surface area contributed by atoms with E-state index in [-0.39, 0.29) is 64.2 Å². The number of rotatable bonds is 6. The van der Waals surface area contributed by atoms with Crippen LogP contribution < -0.4 is 74.4 Å². The van der Waals surface area contributed by atoms with Gasteiger partial charge in [0.05, 0.1) is 18.1 Å². The van der Waals surface area contributed by atoms with Crippen LogP contribution in [-0.2, 0) is 4.74 Å². The molecule has 0 aromatic heterocycles. The standard InChI is InChI=1S/2C10H20FN.2C10H21N.C9H18FN.C9H17N.C9H19N.C8H14F3N.C8H16FN.C8H17NO.2C8H17N.C7H14FN.C7H15N/c1-7-5-12-6-8(11)9(7)10(2,3)4;1-9(2,3)8-5-6-12-7-10(8,4)11;2*1-9(2,3)10(4)5-7-11-8-6-10;1-8(2,3)9(10)4-6-11-7-5-9;1-9(2,3)8-6-4-10-5-7(6)8;1-9(2,3)8-4-6-10-7-5-8;1-6(2)7(8(9,10)11)3-4-12-5-7;1-6(2)7-4-10-5-8(7,3)9;1-8(2,3)7-6-9-4-5-10-7;1-6(2)8-5-9-4-7(8)3;1-7(2)8(3)4-5-9-6-8;1-6(2)7(8)3-4-9-5-7;1-6(2)7-3-4-8-5-7/h7-9,12H,5-6H2,1-4H3;8,12H,5-7H2,1-4H3;2*11H,5-8H2,1-4H3;11H,4-7H2,1-3H3;6-8,10H,4-5H2,1-3H3;8,10H,4-7H2,1-3H3;6,12H,3-5H2,1-2H3;6-7,10H,4-5H2,1-3H3;7,9H,4-6H2,1-3H3;6-9H,4-5H2,1-3H3;7,9H,4-6H2,1-3H3;6,9H,3-5H2,1-2H3;6-8H,3-5H2,1-2H3. The molecule has 0 amide bonds. The fourth-order valence-corrected chi connectivity index (χ4v) is 24.3. The Bertz CT molecular complexity index is 3110. The summed E-state index contributed by atoms with van der Waals surface area (Å²) in [6, 6.07) is 0. The number of ether oxygens (including phenoxy) is 1. The normalized spacial score (nSPS) is 32.7. The lowest BCUT2D eigenvalue weighted by Gasteiger charge is -2.45. The van der Waals surface area contributed by atoms with Gasteiger partial charge in [0.15, 0.2) is 0 Å². The van der Waals surface area contributed by atoms with Crippen LogP contribution in [0.3, 0.4) is 0 Å². The van der Waals surface area contributed by atoms with Gasteiger partial charge >= 0.3 is 6.18 Å². The van der Waals surface area contributed by atoms with Crippen LogP contribution in [0.2, 0.25) is 0 Å². The van der Waals surface area contributed by atoms with E-state index in [2.05, 4.69) is 310 Å². The van der Waals surface area contributed by atoms with Gasteiger partial charge in [0.25, 0.3) is 0 Å². The van der Waals surface area contributed by atoms with Gasteiger partial charge in [0.1, 0.15) is 28.8 Å². The first-order chi connectivity index (χ1) is 65.7. The molecule has 0 bridgehead atoms. The van der Waals surface area contributed by atoms with Crippen molar-refractivity contribution in [3.8, 4) is 0 Å². The average Bonchev–Trinajstić information content (AvgIpc) is 1.57. The number of hydrogen-bond acceptors (Lipinski definition) is 15. The van der Waals surface area contributed by atoms with Crippen molar-refractivity contribution in [2.75, 3.05) is 190 Å². The Labute approximate surface area is 887 Å². The van der Waals surface area contributed by atoms with Crippen LogP contribution in [0, 0.1) is 166 Å². The first-order valence-electron chi connectivity index (χ1n) is 58.7. The van der Waals surface area contributed by atoms with Crippen LogP contribution in [0.4, 0.5) is 35.1 Å². The molecule has 14 saturated heterocycles. The van der Waals surface area contributed by atoms with E-state index in [9.17, 15) is 35.1 Å². The predicted octanol–water partition coefficient (Wildman–Crippen LogP) is 25.6. The minimum atomic E-state index is -4.06. The van der Waals surface area contributed by atoms with E-state index in [1.54, 1.807) is 27.7 Å². The van der Waals surface area contributed by atoms with Crippen LogP contribution in [0.5, 0.6) is 0 Å². The third-order valence-electron chi connectivity index (χ3n) is 37.7. The quantitative estimate of drug-likeness (QED) is 0.113. The van der Waals surface area contributed by atoms with E-state index in [0.717, 1.165) is 125 Å². The summed E-state index contributed by atoms with van der Waals surface area (Å²) in [6.45, 7) is 122. The molecule has 14 aliphatic heterocycles. The maximum Gasteiger partial charge on any atom is 0.396 e. The summed E-state index contributed by atoms with van der Waals surface area (Å²) in [4.78, 5) is 0. The third kappa shape index (κ3) is 47.1. The van der Waals surface area contributed by atoms with Gasteiger partial charge in [-0.3, -0.25) is 0 Å². The molecular formula is C121H246F8N14O. The van der Waals surface area contributed by atoms with E-state index < -0.39 is 40.4 Å². The van der Waals surface area contributed by atoms with E-state index in [4.69, 9.17) is 4.74 Å². The van der Waals surface area contributed by atoms with E-state index in [0.29, 0.717) is 108 Å². The predicted molar refractivity (Wildman–Crippen MR) is 609 cm³/mol. The van der Waals surface area contributed by atoms with E-state index in [1.807, 2.05) is 34.6 Å². The van der Waals surface area contributed by atoms with Gasteiger partial charge in [-0.1, -0.05) is 284 Å². The maximum atomic E-state index is 14.0. The van der Waals surface area contributed by atoms with E-state index >= 15 is 0 Å². The molecule has 15 nitrogen and oxygen atoms in total. The number of hydrogen-bond donors (Lipinski definition) is 14. The summed E-state index contributed by atoms with van der Waals surface area (Å²) >= 11 is 0. The summed E-state index contributed by atoms with van der Waals surface area (Å²) in [5.41, 5.74) is -1.36. The van der Waals surface area contributed by atoms with Crippen LogP contribution in [0.15, 0.2) is 0 Å². The Kier molecular flexibility index (Phi) is 58.8. The number of morpholine rings is 1. The molecule has 1 aliphatic carbocycles. The first kappa shape index (κ1) is 139. The van der Waals surface area contributed by atoms with Crippen LogP contribution in [0.25, 0.3) is 0 Å². The van der Waals surface area contributed by atoms with Crippen molar-refractivity contribution < 1.29 is 39.9 Å². The number of fused-ring (bicyclic) bond motifs is 1. The van der Waals surface area contributed by atoms with Crippen molar-refractivity contribution in [2.24, 2.45) is 166 Å². The highest BCUT2D eigenvalue weighted by atomic mass is 19.4. The van der Waals surface area contributed by atoms with Gasteiger partial charge in [-0.2, -0.15) is 13.2 Å². The zero-order valence-electron chi connectivity index (χ0n) is 103.